The summed E-state index contributed by atoms with van der Waals surface area (Å²) in [7, 11) is 0. The monoisotopic (exact) mass is 236 g/mol. The minimum atomic E-state index is -0.883. The lowest BCUT2D eigenvalue weighted by Gasteiger charge is -2.16. The van der Waals surface area contributed by atoms with Crippen LogP contribution in [0.1, 0.15) is 19.9 Å². The fourth-order valence-electron chi connectivity index (χ4n) is 1.45. The van der Waals surface area contributed by atoms with Gasteiger partial charge in [0.2, 0.25) is 0 Å². The number of H-pyrrole nitrogens is 1. The summed E-state index contributed by atoms with van der Waals surface area (Å²) in [5, 5.41) is 26.7. The molecule has 8 nitrogen and oxygen atoms in total. The lowest BCUT2D eigenvalue weighted by molar-refractivity contribution is -0.142. The maximum atomic E-state index is 10.9. The number of hydrogen-bond acceptors (Lipinski definition) is 5. The molecular weight excluding hydrogens is 224 g/mol. The second-order valence-electron chi connectivity index (χ2n) is 3.80. The van der Waals surface area contributed by atoms with Crippen LogP contribution in [0.15, 0.2) is 12.4 Å². The van der Waals surface area contributed by atoms with Crippen LogP contribution in [0.2, 0.25) is 0 Å². The third-order valence-corrected chi connectivity index (χ3v) is 2.75. The Kier molecular flexibility index (Phi) is 2.86. The van der Waals surface area contributed by atoms with E-state index in [1.165, 1.54) is 4.68 Å². The van der Waals surface area contributed by atoms with Crippen LogP contribution in [0.5, 0.6) is 0 Å². The first-order valence-electron chi connectivity index (χ1n) is 5.11. The summed E-state index contributed by atoms with van der Waals surface area (Å²) in [4.78, 5) is 10.9. The molecule has 0 fully saturated rings. The quantitative estimate of drug-likeness (QED) is 0.792. The van der Waals surface area contributed by atoms with E-state index >= 15 is 0 Å². The van der Waals surface area contributed by atoms with Gasteiger partial charge in [-0.15, -0.1) is 5.10 Å². The van der Waals surface area contributed by atoms with E-state index in [1.54, 1.807) is 26.2 Å². The molecule has 0 aromatic carbocycles. The summed E-state index contributed by atoms with van der Waals surface area (Å²) < 4.78 is 1.49. The first-order chi connectivity index (χ1) is 8.11. The predicted molar refractivity (Wildman–Crippen MR) is 56.9 cm³/mol. The minimum absolute atomic E-state index is 0.340. The van der Waals surface area contributed by atoms with Crippen molar-refractivity contribution in [2.24, 2.45) is 5.92 Å². The van der Waals surface area contributed by atoms with Gasteiger partial charge in [-0.05, 0) is 24.3 Å². The van der Waals surface area contributed by atoms with Crippen molar-refractivity contribution in [1.29, 1.82) is 0 Å². The molecule has 0 bridgehead atoms. The van der Waals surface area contributed by atoms with E-state index < -0.39 is 11.9 Å². The predicted octanol–water partition coefficient (Wildman–Crippen LogP) is 0.345. The third kappa shape index (κ3) is 2.01. The van der Waals surface area contributed by atoms with Crippen LogP contribution in [0.3, 0.4) is 0 Å². The van der Waals surface area contributed by atoms with E-state index in [4.69, 9.17) is 5.11 Å². The van der Waals surface area contributed by atoms with Crippen LogP contribution in [-0.2, 0) is 4.79 Å². The van der Waals surface area contributed by atoms with E-state index in [-0.39, 0.29) is 6.04 Å². The Morgan fingerprint density at radius 1 is 1.53 bits per heavy atom. The van der Waals surface area contributed by atoms with Gasteiger partial charge in [-0.1, -0.05) is 0 Å². The van der Waals surface area contributed by atoms with Crippen LogP contribution in [0.4, 0.5) is 0 Å². The molecule has 17 heavy (non-hydrogen) atoms. The summed E-state index contributed by atoms with van der Waals surface area (Å²) in [6.45, 7) is 3.38. The van der Waals surface area contributed by atoms with Crippen molar-refractivity contribution in [2.75, 3.05) is 0 Å². The Labute approximate surface area is 96.6 Å². The summed E-state index contributed by atoms with van der Waals surface area (Å²) in [5.41, 5.74) is 0.722. The summed E-state index contributed by atoms with van der Waals surface area (Å²) in [6.07, 6.45) is 3.24. The van der Waals surface area contributed by atoms with Gasteiger partial charge in [0.25, 0.3) is 0 Å². The molecule has 2 atom stereocenters. The number of carboxylic acid groups (broad SMARTS) is 1. The Hall–Kier alpha value is -2.25. The highest BCUT2D eigenvalue weighted by Gasteiger charge is 2.25. The highest BCUT2D eigenvalue weighted by Crippen LogP contribution is 2.22. The van der Waals surface area contributed by atoms with Gasteiger partial charge < -0.3 is 5.11 Å². The molecule has 0 aliphatic carbocycles. The molecule has 2 aromatic heterocycles. The molecule has 0 aliphatic heterocycles. The molecule has 0 aliphatic rings. The number of aromatic amines is 1. The number of aliphatic carboxylic acids is 1. The number of hydrogen-bond donors (Lipinski definition) is 2. The topological polar surface area (TPSA) is 110 Å². The molecular formula is C9H12N6O2. The Morgan fingerprint density at radius 3 is 2.88 bits per heavy atom. The SMILES string of the molecule is CC(C(=O)O)C(C)n1nnnc1-c1cn[nH]c1. The zero-order chi connectivity index (χ0) is 12.4. The second kappa shape index (κ2) is 4.32. The van der Waals surface area contributed by atoms with Gasteiger partial charge in [0.1, 0.15) is 0 Å². The fourth-order valence-corrected chi connectivity index (χ4v) is 1.45. The Balaban J connectivity index is 2.34. The van der Waals surface area contributed by atoms with Crippen molar-refractivity contribution < 1.29 is 9.90 Å². The number of nitrogens with one attached hydrogen (secondary N) is 1. The summed E-state index contributed by atoms with van der Waals surface area (Å²) >= 11 is 0. The number of rotatable bonds is 4. The fraction of sp³-hybridized carbons (Fsp3) is 0.444. The van der Waals surface area contributed by atoms with Crippen molar-refractivity contribution in [3.63, 3.8) is 0 Å². The molecule has 2 N–H and O–H groups in total. The van der Waals surface area contributed by atoms with Gasteiger partial charge in [0.05, 0.1) is 23.7 Å². The van der Waals surface area contributed by atoms with Gasteiger partial charge in [0, 0.05) is 6.20 Å². The van der Waals surface area contributed by atoms with Gasteiger partial charge in [-0.2, -0.15) is 5.10 Å². The van der Waals surface area contributed by atoms with Crippen LogP contribution < -0.4 is 0 Å². The standard InChI is InChI=1S/C9H12N6O2/c1-5(9(16)17)6(2)15-8(12-13-14-15)7-3-10-11-4-7/h3-6H,1-2H3,(H,10,11)(H,16,17). The molecule has 2 unspecified atom stereocenters. The van der Waals surface area contributed by atoms with E-state index in [2.05, 4.69) is 25.7 Å². The summed E-state index contributed by atoms with van der Waals surface area (Å²) in [5.74, 6) is -0.963. The van der Waals surface area contributed by atoms with E-state index in [0.717, 1.165) is 5.56 Å². The lowest BCUT2D eigenvalue weighted by atomic mass is 10.0. The largest absolute Gasteiger partial charge is 0.481 e. The van der Waals surface area contributed by atoms with Crippen molar-refractivity contribution in [3.05, 3.63) is 12.4 Å². The molecule has 0 saturated heterocycles. The average molecular weight is 236 g/mol. The van der Waals surface area contributed by atoms with Crippen molar-refractivity contribution in [1.82, 2.24) is 30.4 Å². The molecule has 0 amide bonds. The van der Waals surface area contributed by atoms with Crippen molar-refractivity contribution in [3.8, 4) is 11.4 Å². The average Bonchev–Trinajstić information content (AvgIpc) is 2.96. The smallest absolute Gasteiger partial charge is 0.308 e. The molecule has 0 radical (unpaired) electrons. The molecule has 0 spiro atoms. The highest BCUT2D eigenvalue weighted by atomic mass is 16.4. The van der Waals surface area contributed by atoms with Gasteiger partial charge in [-0.3, -0.25) is 9.89 Å². The molecule has 2 heterocycles. The molecule has 2 rings (SSSR count). The highest BCUT2D eigenvalue weighted by molar-refractivity contribution is 5.70. The first-order valence-corrected chi connectivity index (χ1v) is 5.11. The van der Waals surface area contributed by atoms with Crippen LogP contribution in [-0.4, -0.2) is 41.5 Å². The maximum absolute atomic E-state index is 10.9. The third-order valence-electron chi connectivity index (χ3n) is 2.75. The zero-order valence-corrected chi connectivity index (χ0v) is 9.40. The Bertz CT molecular complexity index is 505. The number of tetrazole rings is 1. The lowest BCUT2D eigenvalue weighted by Crippen LogP contribution is -2.23. The number of nitrogens with zero attached hydrogens (tertiary/aromatic N) is 5. The molecule has 0 saturated carbocycles. The van der Waals surface area contributed by atoms with Crippen LogP contribution in [0, 0.1) is 5.92 Å². The minimum Gasteiger partial charge on any atom is -0.481 e. The normalized spacial score (nSPS) is 14.5. The van der Waals surface area contributed by atoms with Crippen LogP contribution in [0.25, 0.3) is 11.4 Å². The molecule has 90 valence electrons. The maximum Gasteiger partial charge on any atom is 0.308 e. The van der Waals surface area contributed by atoms with Gasteiger partial charge in [0.15, 0.2) is 5.82 Å². The van der Waals surface area contributed by atoms with E-state index in [9.17, 15) is 4.79 Å². The van der Waals surface area contributed by atoms with Crippen molar-refractivity contribution in [2.45, 2.75) is 19.9 Å². The molecule has 2 aromatic rings. The Morgan fingerprint density at radius 2 is 2.29 bits per heavy atom. The first kappa shape index (κ1) is 11.2. The van der Waals surface area contributed by atoms with Gasteiger partial charge >= 0.3 is 5.97 Å². The van der Waals surface area contributed by atoms with E-state index in [1.807, 2.05) is 0 Å². The number of aromatic nitrogens is 6. The number of carbonyl (C=O) groups is 1. The second-order valence-corrected chi connectivity index (χ2v) is 3.80. The van der Waals surface area contributed by atoms with E-state index in [0.29, 0.717) is 5.82 Å². The van der Waals surface area contributed by atoms with Gasteiger partial charge in [-0.25, -0.2) is 4.68 Å². The number of carboxylic acids is 1. The van der Waals surface area contributed by atoms with Crippen molar-refractivity contribution >= 4 is 5.97 Å². The summed E-state index contributed by atoms with van der Waals surface area (Å²) in [6, 6.07) is -0.340. The van der Waals surface area contributed by atoms with Crippen LogP contribution >= 0.6 is 0 Å². The zero-order valence-electron chi connectivity index (χ0n) is 9.40. The molecule has 8 heteroatoms.